The predicted octanol–water partition coefficient (Wildman–Crippen LogP) is 6.38. The Morgan fingerprint density at radius 3 is 2.30 bits per heavy atom. The minimum atomic E-state index is -0.951. The zero-order valence-corrected chi connectivity index (χ0v) is 13.8. The molecule has 3 aromatic rings. The molecule has 23 heavy (non-hydrogen) atoms. The van der Waals surface area contributed by atoms with Crippen molar-refractivity contribution < 1.29 is 14.3 Å². The van der Waals surface area contributed by atoms with Crippen molar-refractivity contribution >= 4 is 51.7 Å². The zero-order valence-electron chi connectivity index (χ0n) is 11.6. The van der Waals surface area contributed by atoms with E-state index in [1.54, 1.807) is 42.5 Å². The first-order valence-electron chi connectivity index (χ1n) is 6.57. The van der Waals surface area contributed by atoms with Gasteiger partial charge in [0.2, 0.25) is 0 Å². The fraction of sp³-hybridized carbons (Fsp3) is 0. The largest absolute Gasteiger partial charge is 0.519 e. The van der Waals surface area contributed by atoms with E-state index >= 15 is 0 Å². The molecule has 3 aromatic carbocycles. The van der Waals surface area contributed by atoms with Crippen molar-refractivity contribution in [2.24, 2.45) is 0 Å². The molecule has 0 saturated heterocycles. The topological polar surface area (TPSA) is 35.5 Å². The second-order valence-electron chi connectivity index (χ2n) is 4.61. The normalized spacial score (nSPS) is 10.6. The number of fused-ring (bicyclic) bond motifs is 1. The SMILES string of the molecule is O=C(Oc1ccccc1Cl)Oc1c(Cl)c(Cl)cc2ccccc12. The fourth-order valence-corrected chi connectivity index (χ4v) is 2.65. The van der Waals surface area contributed by atoms with Gasteiger partial charge in [0.05, 0.1) is 10.0 Å². The molecule has 0 bridgehead atoms. The minimum Gasteiger partial charge on any atom is -0.393 e. The highest BCUT2D eigenvalue weighted by Crippen LogP contribution is 2.39. The molecule has 0 N–H and O–H groups in total. The molecular weight excluding hydrogens is 359 g/mol. The van der Waals surface area contributed by atoms with Crippen LogP contribution in [0.1, 0.15) is 0 Å². The van der Waals surface area contributed by atoms with Crippen LogP contribution < -0.4 is 9.47 Å². The number of carbonyl (C=O) groups excluding carboxylic acids is 1. The molecule has 0 aromatic heterocycles. The van der Waals surface area contributed by atoms with Gasteiger partial charge in [-0.25, -0.2) is 4.79 Å². The molecular formula is C17H9Cl3O3. The van der Waals surface area contributed by atoms with E-state index < -0.39 is 6.16 Å². The fourth-order valence-electron chi connectivity index (χ4n) is 2.08. The van der Waals surface area contributed by atoms with Crippen LogP contribution in [0, 0.1) is 0 Å². The summed E-state index contributed by atoms with van der Waals surface area (Å²) in [5.74, 6) is 0.341. The Morgan fingerprint density at radius 1 is 0.826 bits per heavy atom. The van der Waals surface area contributed by atoms with Crippen LogP contribution in [-0.2, 0) is 0 Å². The third-order valence-electron chi connectivity index (χ3n) is 3.11. The van der Waals surface area contributed by atoms with E-state index in [2.05, 4.69) is 0 Å². The summed E-state index contributed by atoms with van der Waals surface area (Å²) < 4.78 is 10.4. The van der Waals surface area contributed by atoms with Crippen molar-refractivity contribution in [3.05, 3.63) is 69.7 Å². The van der Waals surface area contributed by atoms with E-state index in [1.165, 1.54) is 0 Å². The lowest BCUT2D eigenvalue weighted by Gasteiger charge is -2.11. The van der Waals surface area contributed by atoms with Gasteiger partial charge in [-0.2, -0.15) is 0 Å². The van der Waals surface area contributed by atoms with Crippen molar-refractivity contribution in [1.29, 1.82) is 0 Å². The molecule has 3 nitrogen and oxygen atoms in total. The van der Waals surface area contributed by atoms with Crippen LogP contribution in [0.4, 0.5) is 4.79 Å². The Hall–Kier alpha value is -1.94. The van der Waals surface area contributed by atoms with E-state index in [4.69, 9.17) is 44.3 Å². The lowest BCUT2D eigenvalue weighted by Crippen LogP contribution is -2.14. The van der Waals surface area contributed by atoms with Gasteiger partial charge in [-0.3, -0.25) is 0 Å². The average molecular weight is 368 g/mol. The molecule has 0 radical (unpaired) electrons. The van der Waals surface area contributed by atoms with Crippen molar-refractivity contribution in [3.63, 3.8) is 0 Å². The summed E-state index contributed by atoms with van der Waals surface area (Å²) >= 11 is 18.2. The van der Waals surface area contributed by atoms with Gasteiger partial charge in [-0.1, -0.05) is 71.2 Å². The summed E-state index contributed by atoms with van der Waals surface area (Å²) in [5.41, 5.74) is 0. The zero-order chi connectivity index (χ0) is 16.4. The van der Waals surface area contributed by atoms with Crippen molar-refractivity contribution in [3.8, 4) is 11.5 Å². The number of benzene rings is 3. The molecule has 0 atom stereocenters. The number of rotatable bonds is 2. The van der Waals surface area contributed by atoms with Crippen LogP contribution >= 0.6 is 34.8 Å². The number of hydrogen-bond donors (Lipinski definition) is 0. The number of para-hydroxylation sites is 1. The Kier molecular flexibility index (Phi) is 4.62. The summed E-state index contributed by atoms with van der Waals surface area (Å²) in [6.45, 7) is 0. The predicted molar refractivity (Wildman–Crippen MR) is 92.1 cm³/mol. The second-order valence-corrected chi connectivity index (χ2v) is 5.80. The van der Waals surface area contributed by atoms with Gasteiger partial charge in [-0.05, 0) is 23.6 Å². The van der Waals surface area contributed by atoms with Crippen LogP contribution in [0.25, 0.3) is 10.8 Å². The average Bonchev–Trinajstić information content (AvgIpc) is 2.54. The van der Waals surface area contributed by atoms with Gasteiger partial charge < -0.3 is 9.47 Å². The first-order valence-corrected chi connectivity index (χ1v) is 7.70. The molecule has 0 fully saturated rings. The summed E-state index contributed by atoms with van der Waals surface area (Å²) in [6, 6.07) is 15.5. The molecule has 116 valence electrons. The van der Waals surface area contributed by atoms with Crippen LogP contribution in [0.15, 0.2) is 54.6 Å². The molecule has 6 heteroatoms. The van der Waals surface area contributed by atoms with E-state index in [0.29, 0.717) is 10.4 Å². The highest BCUT2D eigenvalue weighted by atomic mass is 35.5. The van der Waals surface area contributed by atoms with Crippen LogP contribution in [0.3, 0.4) is 0 Å². The van der Waals surface area contributed by atoms with Crippen molar-refractivity contribution in [2.75, 3.05) is 0 Å². The monoisotopic (exact) mass is 366 g/mol. The third kappa shape index (κ3) is 3.37. The van der Waals surface area contributed by atoms with Crippen LogP contribution in [0.2, 0.25) is 15.1 Å². The van der Waals surface area contributed by atoms with E-state index in [0.717, 1.165) is 5.39 Å². The molecule has 0 unspecified atom stereocenters. The van der Waals surface area contributed by atoms with E-state index in [9.17, 15) is 4.79 Å². The second kappa shape index (κ2) is 6.67. The molecule has 0 aliphatic rings. The number of halogens is 3. The van der Waals surface area contributed by atoms with Gasteiger partial charge >= 0.3 is 6.16 Å². The molecule has 3 rings (SSSR count). The molecule has 0 aliphatic carbocycles. The summed E-state index contributed by atoms with van der Waals surface area (Å²) in [6.07, 6.45) is -0.951. The Bertz CT molecular complexity index is 893. The quantitative estimate of drug-likeness (QED) is 0.389. The smallest absolute Gasteiger partial charge is 0.393 e. The number of carbonyl (C=O) groups is 1. The first kappa shape index (κ1) is 15.9. The number of ether oxygens (including phenoxy) is 2. The molecule has 0 aliphatic heterocycles. The van der Waals surface area contributed by atoms with Gasteiger partial charge in [0, 0.05) is 5.39 Å². The maximum atomic E-state index is 12.0. The Labute approximate surface area is 147 Å². The Morgan fingerprint density at radius 2 is 1.52 bits per heavy atom. The highest BCUT2D eigenvalue weighted by Gasteiger charge is 2.17. The third-order valence-corrected chi connectivity index (χ3v) is 4.19. The van der Waals surface area contributed by atoms with Crippen molar-refractivity contribution in [1.82, 2.24) is 0 Å². The molecule has 0 spiro atoms. The standard InChI is InChI=1S/C17H9Cl3O3/c18-12-7-3-4-8-14(12)22-17(21)23-16-11-6-2-1-5-10(11)9-13(19)15(16)20/h1-9H. The van der Waals surface area contributed by atoms with Gasteiger partial charge in [-0.15, -0.1) is 0 Å². The lowest BCUT2D eigenvalue weighted by molar-refractivity contribution is 0.152. The van der Waals surface area contributed by atoms with Crippen LogP contribution in [0.5, 0.6) is 11.5 Å². The van der Waals surface area contributed by atoms with Crippen LogP contribution in [-0.4, -0.2) is 6.16 Å². The van der Waals surface area contributed by atoms with E-state index in [1.807, 2.05) is 12.1 Å². The maximum absolute atomic E-state index is 12.0. The summed E-state index contributed by atoms with van der Waals surface area (Å²) in [7, 11) is 0. The maximum Gasteiger partial charge on any atom is 0.519 e. The molecule has 0 heterocycles. The van der Waals surface area contributed by atoms with Gasteiger partial charge in [0.25, 0.3) is 0 Å². The summed E-state index contributed by atoms with van der Waals surface area (Å²) in [5, 5.41) is 2.17. The van der Waals surface area contributed by atoms with Gasteiger partial charge in [0.1, 0.15) is 5.02 Å². The lowest BCUT2D eigenvalue weighted by atomic mass is 10.1. The van der Waals surface area contributed by atoms with Crippen molar-refractivity contribution in [2.45, 2.75) is 0 Å². The highest BCUT2D eigenvalue weighted by molar-refractivity contribution is 6.44. The van der Waals surface area contributed by atoms with Gasteiger partial charge in [0.15, 0.2) is 11.5 Å². The molecule has 0 amide bonds. The minimum absolute atomic E-state index is 0.140. The number of hydrogen-bond acceptors (Lipinski definition) is 3. The Balaban J connectivity index is 1.94. The molecule has 0 saturated carbocycles. The van der Waals surface area contributed by atoms with E-state index in [-0.39, 0.29) is 21.5 Å². The first-order chi connectivity index (χ1) is 11.1. The summed E-state index contributed by atoms with van der Waals surface area (Å²) in [4.78, 5) is 12.0.